The first kappa shape index (κ1) is 16.3. The van der Waals surface area contributed by atoms with Crippen LogP contribution in [-0.4, -0.2) is 64.7 Å². The first-order valence-corrected chi connectivity index (χ1v) is 6.44. The van der Waals surface area contributed by atoms with Crippen LogP contribution in [0.4, 0.5) is 0 Å². The van der Waals surface area contributed by atoms with E-state index in [1.807, 2.05) is 0 Å². The average Bonchev–Trinajstić information content (AvgIpc) is 2.54. The van der Waals surface area contributed by atoms with E-state index in [2.05, 4.69) is 15.0 Å². The summed E-state index contributed by atoms with van der Waals surface area (Å²) in [5.74, 6) is 0.366. The van der Waals surface area contributed by atoms with Gasteiger partial charge in [0, 0.05) is 11.1 Å². The molecule has 2 heterocycles. The van der Waals surface area contributed by atoms with Crippen molar-refractivity contribution >= 4 is 0 Å². The molecule has 0 spiro atoms. The van der Waals surface area contributed by atoms with Crippen LogP contribution in [0.1, 0.15) is 0 Å². The Hall–Kier alpha value is -2.10. The van der Waals surface area contributed by atoms with Gasteiger partial charge in [0.25, 0.3) is 5.88 Å². The standard InChI is InChI=1S/C12H16N4O6/c1-20-6-3-2-4-14-11(6)22-12-10(19)9(18)8(17)7(21-12)5-15-16-13/h2-4,7-10,12,17-19H,5H2,1H3/t7-,8-,9+,10-,12+/m1/s1. The number of pyridine rings is 1. The third-order valence-corrected chi connectivity index (χ3v) is 3.18. The van der Waals surface area contributed by atoms with Crippen LogP contribution >= 0.6 is 0 Å². The Bertz CT molecular complexity index is 552. The minimum absolute atomic E-state index is 0.0557. The molecule has 1 aliphatic rings. The van der Waals surface area contributed by atoms with E-state index in [9.17, 15) is 15.3 Å². The van der Waals surface area contributed by atoms with Crippen molar-refractivity contribution in [3.05, 3.63) is 28.8 Å². The van der Waals surface area contributed by atoms with Crippen LogP contribution in [0, 0.1) is 0 Å². The molecule has 0 unspecified atom stereocenters. The molecular weight excluding hydrogens is 296 g/mol. The van der Waals surface area contributed by atoms with E-state index in [1.54, 1.807) is 12.1 Å². The zero-order valence-corrected chi connectivity index (χ0v) is 11.7. The van der Waals surface area contributed by atoms with E-state index in [4.69, 9.17) is 19.7 Å². The summed E-state index contributed by atoms with van der Waals surface area (Å²) in [5, 5.41) is 32.9. The van der Waals surface area contributed by atoms with E-state index >= 15 is 0 Å². The second kappa shape index (κ2) is 7.25. The Morgan fingerprint density at radius 2 is 2.14 bits per heavy atom. The maximum absolute atomic E-state index is 9.94. The van der Waals surface area contributed by atoms with Gasteiger partial charge in [0.15, 0.2) is 5.75 Å². The van der Waals surface area contributed by atoms with E-state index < -0.39 is 30.7 Å². The maximum atomic E-state index is 9.94. The number of aromatic nitrogens is 1. The molecule has 22 heavy (non-hydrogen) atoms. The summed E-state index contributed by atoms with van der Waals surface area (Å²) >= 11 is 0. The number of methoxy groups -OCH3 is 1. The second-order valence-corrected chi connectivity index (χ2v) is 4.56. The third kappa shape index (κ3) is 3.38. The third-order valence-electron chi connectivity index (χ3n) is 3.18. The molecule has 0 aliphatic carbocycles. The minimum Gasteiger partial charge on any atom is -0.491 e. The molecule has 0 aromatic carbocycles. The Morgan fingerprint density at radius 3 is 2.82 bits per heavy atom. The Kier molecular flexibility index (Phi) is 5.36. The molecule has 1 saturated heterocycles. The number of azide groups is 1. The number of hydrogen-bond donors (Lipinski definition) is 3. The number of aliphatic hydroxyl groups excluding tert-OH is 3. The molecule has 2 rings (SSSR count). The van der Waals surface area contributed by atoms with Crippen molar-refractivity contribution in [3.63, 3.8) is 0 Å². The lowest BCUT2D eigenvalue weighted by atomic mass is 9.99. The molecule has 3 N–H and O–H groups in total. The molecule has 0 radical (unpaired) electrons. The zero-order valence-electron chi connectivity index (χ0n) is 11.7. The Labute approximate surface area is 125 Å². The van der Waals surface area contributed by atoms with E-state index in [0.29, 0.717) is 5.75 Å². The van der Waals surface area contributed by atoms with Gasteiger partial charge in [-0.15, -0.1) is 0 Å². The highest BCUT2D eigenvalue weighted by Crippen LogP contribution is 2.28. The lowest BCUT2D eigenvalue weighted by Gasteiger charge is -2.39. The summed E-state index contributed by atoms with van der Waals surface area (Å²) in [6, 6.07) is 3.23. The number of nitrogens with zero attached hydrogens (tertiary/aromatic N) is 4. The predicted octanol–water partition coefficient (Wildman–Crippen LogP) is -0.413. The molecule has 120 valence electrons. The second-order valence-electron chi connectivity index (χ2n) is 4.56. The molecule has 0 amide bonds. The van der Waals surface area contributed by atoms with Crippen LogP contribution in [0.15, 0.2) is 23.4 Å². The van der Waals surface area contributed by atoms with Crippen LogP contribution < -0.4 is 9.47 Å². The van der Waals surface area contributed by atoms with Crippen molar-refractivity contribution in [1.82, 2.24) is 4.98 Å². The number of hydrogen-bond acceptors (Lipinski definition) is 8. The first-order valence-electron chi connectivity index (χ1n) is 6.44. The quantitative estimate of drug-likeness (QED) is 0.380. The van der Waals surface area contributed by atoms with Gasteiger partial charge in [-0.05, 0) is 17.7 Å². The van der Waals surface area contributed by atoms with Crippen LogP contribution in [-0.2, 0) is 4.74 Å². The van der Waals surface area contributed by atoms with Crippen molar-refractivity contribution in [2.24, 2.45) is 5.11 Å². The van der Waals surface area contributed by atoms with Crippen LogP contribution in [0.25, 0.3) is 10.4 Å². The lowest BCUT2D eigenvalue weighted by Crippen LogP contribution is -2.59. The average molecular weight is 312 g/mol. The first-order chi connectivity index (χ1) is 10.6. The molecule has 1 aromatic heterocycles. The number of ether oxygens (including phenoxy) is 3. The highest BCUT2D eigenvalue weighted by atomic mass is 16.7. The van der Waals surface area contributed by atoms with Crippen LogP contribution in [0.3, 0.4) is 0 Å². The fraction of sp³-hybridized carbons (Fsp3) is 0.583. The van der Waals surface area contributed by atoms with Gasteiger partial charge < -0.3 is 29.5 Å². The van der Waals surface area contributed by atoms with Crippen molar-refractivity contribution in [2.75, 3.05) is 13.7 Å². The van der Waals surface area contributed by atoms with Gasteiger partial charge in [-0.3, -0.25) is 0 Å². The van der Waals surface area contributed by atoms with Gasteiger partial charge in [0.2, 0.25) is 6.29 Å². The van der Waals surface area contributed by atoms with Crippen molar-refractivity contribution in [3.8, 4) is 11.6 Å². The normalized spacial score (nSPS) is 31.2. The van der Waals surface area contributed by atoms with Crippen LogP contribution in [0.5, 0.6) is 11.6 Å². The smallest absolute Gasteiger partial charge is 0.259 e. The Morgan fingerprint density at radius 1 is 1.36 bits per heavy atom. The number of rotatable bonds is 5. The lowest BCUT2D eigenvalue weighted by molar-refractivity contribution is -0.270. The molecule has 1 fully saturated rings. The zero-order chi connectivity index (χ0) is 16.1. The molecule has 1 aliphatic heterocycles. The maximum Gasteiger partial charge on any atom is 0.259 e. The fourth-order valence-corrected chi connectivity index (χ4v) is 2.01. The van der Waals surface area contributed by atoms with Gasteiger partial charge in [0.05, 0.1) is 19.8 Å². The molecular formula is C12H16N4O6. The van der Waals surface area contributed by atoms with Gasteiger partial charge in [-0.25, -0.2) is 4.98 Å². The summed E-state index contributed by atoms with van der Waals surface area (Å²) < 4.78 is 15.8. The molecule has 10 nitrogen and oxygen atoms in total. The summed E-state index contributed by atoms with van der Waals surface area (Å²) in [7, 11) is 1.42. The molecule has 1 aromatic rings. The van der Waals surface area contributed by atoms with Gasteiger partial charge in [-0.2, -0.15) is 0 Å². The van der Waals surface area contributed by atoms with Gasteiger partial charge >= 0.3 is 0 Å². The molecule has 5 atom stereocenters. The summed E-state index contributed by atoms with van der Waals surface area (Å²) in [5.41, 5.74) is 8.32. The molecule has 0 saturated carbocycles. The monoisotopic (exact) mass is 312 g/mol. The summed E-state index contributed by atoms with van der Waals surface area (Å²) in [6.07, 6.45) is -5.31. The number of aliphatic hydroxyl groups is 3. The van der Waals surface area contributed by atoms with E-state index in [-0.39, 0.29) is 12.4 Å². The predicted molar refractivity (Wildman–Crippen MR) is 72.1 cm³/mol. The van der Waals surface area contributed by atoms with E-state index in [1.165, 1.54) is 13.3 Å². The van der Waals surface area contributed by atoms with E-state index in [0.717, 1.165) is 0 Å². The highest BCUT2D eigenvalue weighted by molar-refractivity contribution is 5.32. The van der Waals surface area contributed by atoms with Gasteiger partial charge in [0.1, 0.15) is 18.3 Å². The van der Waals surface area contributed by atoms with Gasteiger partial charge in [-0.1, -0.05) is 5.11 Å². The molecule has 10 heteroatoms. The Balaban J connectivity index is 2.16. The fourth-order valence-electron chi connectivity index (χ4n) is 2.01. The van der Waals surface area contributed by atoms with Crippen LogP contribution in [0.2, 0.25) is 0 Å². The topological polar surface area (TPSA) is 150 Å². The van der Waals surface area contributed by atoms with Crippen molar-refractivity contribution in [2.45, 2.75) is 30.7 Å². The van der Waals surface area contributed by atoms with Crippen molar-refractivity contribution in [1.29, 1.82) is 0 Å². The largest absolute Gasteiger partial charge is 0.491 e. The highest BCUT2D eigenvalue weighted by Gasteiger charge is 2.45. The minimum atomic E-state index is -1.52. The van der Waals surface area contributed by atoms with Crippen molar-refractivity contribution < 1.29 is 29.5 Å². The summed E-state index contributed by atoms with van der Waals surface area (Å²) in [6.45, 7) is -0.222. The molecule has 0 bridgehead atoms. The summed E-state index contributed by atoms with van der Waals surface area (Å²) in [4.78, 5) is 6.51. The SMILES string of the molecule is COc1cccnc1O[C@@H]1O[C@H](CN=[N+]=[N-])[C@@H](O)[C@H](O)[C@H]1O.